The molecule has 1 atom stereocenters. The van der Waals surface area contributed by atoms with E-state index >= 15 is 0 Å². The van der Waals surface area contributed by atoms with Gasteiger partial charge >= 0.3 is 0 Å². The van der Waals surface area contributed by atoms with Crippen LogP contribution in [-0.4, -0.2) is 51.2 Å². The van der Waals surface area contributed by atoms with E-state index in [1.807, 2.05) is 4.90 Å². The molecule has 9 heteroatoms. The van der Waals surface area contributed by atoms with E-state index in [9.17, 15) is 18.4 Å². The molecule has 1 saturated heterocycles. The van der Waals surface area contributed by atoms with Gasteiger partial charge in [0.2, 0.25) is 0 Å². The Labute approximate surface area is 189 Å². The SMILES string of the molecule is C[C@H](Nc1ccc(F)c(F)c1)c1cc(C(=O)N(C)C)cc2c(=O)cc(N3CCOCC3)oc12. The summed E-state index contributed by atoms with van der Waals surface area (Å²) in [7, 11) is 3.25. The van der Waals surface area contributed by atoms with Crippen molar-refractivity contribution in [3.63, 3.8) is 0 Å². The lowest BCUT2D eigenvalue weighted by molar-refractivity contribution is 0.0827. The van der Waals surface area contributed by atoms with E-state index in [0.29, 0.717) is 54.6 Å². The molecule has 1 aromatic heterocycles. The Hall–Kier alpha value is -3.46. The van der Waals surface area contributed by atoms with E-state index in [-0.39, 0.29) is 16.7 Å². The number of halogens is 2. The van der Waals surface area contributed by atoms with E-state index < -0.39 is 17.7 Å². The van der Waals surface area contributed by atoms with E-state index in [1.54, 1.807) is 27.1 Å². The molecule has 0 unspecified atom stereocenters. The molecule has 0 radical (unpaired) electrons. The molecule has 0 spiro atoms. The normalized spacial score (nSPS) is 14.9. The molecule has 1 fully saturated rings. The van der Waals surface area contributed by atoms with Crippen LogP contribution in [0.15, 0.2) is 45.6 Å². The van der Waals surface area contributed by atoms with Crippen LogP contribution in [0.25, 0.3) is 11.0 Å². The first kappa shape index (κ1) is 22.7. The number of nitrogens with one attached hydrogen (secondary N) is 1. The summed E-state index contributed by atoms with van der Waals surface area (Å²) < 4.78 is 38.6. The van der Waals surface area contributed by atoms with E-state index in [0.717, 1.165) is 12.1 Å². The zero-order chi connectivity index (χ0) is 23.7. The number of hydrogen-bond donors (Lipinski definition) is 1. The van der Waals surface area contributed by atoms with Crippen LogP contribution in [0.2, 0.25) is 0 Å². The number of benzene rings is 2. The monoisotopic (exact) mass is 457 g/mol. The highest BCUT2D eigenvalue weighted by Gasteiger charge is 2.22. The highest BCUT2D eigenvalue weighted by atomic mass is 19.2. The fourth-order valence-electron chi connectivity index (χ4n) is 3.83. The molecule has 0 bridgehead atoms. The molecular formula is C24H25F2N3O4. The molecule has 1 N–H and O–H groups in total. The average Bonchev–Trinajstić information content (AvgIpc) is 2.80. The van der Waals surface area contributed by atoms with Crippen molar-refractivity contribution < 1.29 is 22.7 Å². The number of carbonyl (C=O) groups is 1. The lowest BCUT2D eigenvalue weighted by Crippen LogP contribution is -2.36. The molecule has 7 nitrogen and oxygen atoms in total. The molecule has 174 valence electrons. The second-order valence-corrected chi connectivity index (χ2v) is 8.18. The lowest BCUT2D eigenvalue weighted by atomic mass is 10.00. The van der Waals surface area contributed by atoms with Gasteiger partial charge < -0.3 is 24.3 Å². The van der Waals surface area contributed by atoms with Crippen molar-refractivity contribution in [1.82, 2.24) is 4.90 Å². The third kappa shape index (κ3) is 4.68. The number of nitrogens with zero attached hydrogens (tertiary/aromatic N) is 2. The van der Waals surface area contributed by atoms with E-state index in [1.165, 1.54) is 23.1 Å². The molecule has 1 aliphatic rings. The van der Waals surface area contributed by atoms with Gasteiger partial charge in [-0.05, 0) is 31.2 Å². The third-order valence-electron chi connectivity index (χ3n) is 5.59. The van der Waals surface area contributed by atoms with Crippen LogP contribution in [0.5, 0.6) is 0 Å². The van der Waals surface area contributed by atoms with Crippen molar-refractivity contribution in [2.45, 2.75) is 13.0 Å². The molecule has 0 saturated carbocycles. The van der Waals surface area contributed by atoms with E-state index in [2.05, 4.69) is 5.32 Å². The minimum absolute atomic E-state index is 0.269. The summed E-state index contributed by atoms with van der Waals surface area (Å²) in [5.41, 5.74) is 1.29. The predicted molar refractivity (Wildman–Crippen MR) is 122 cm³/mol. The highest BCUT2D eigenvalue weighted by Crippen LogP contribution is 2.31. The van der Waals surface area contributed by atoms with Crippen molar-refractivity contribution in [2.24, 2.45) is 0 Å². The van der Waals surface area contributed by atoms with Gasteiger partial charge in [0.1, 0.15) is 5.58 Å². The van der Waals surface area contributed by atoms with Crippen LogP contribution in [0, 0.1) is 11.6 Å². The molecule has 2 aromatic carbocycles. The highest BCUT2D eigenvalue weighted by molar-refractivity contribution is 5.98. The number of carbonyl (C=O) groups excluding carboxylic acids is 1. The summed E-state index contributed by atoms with van der Waals surface area (Å²) in [5, 5.41) is 3.38. The fourth-order valence-corrected chi connectivity index (χ4v) is 3.83. The first-order valence-corrected chi connectivity index (χ1v) is 10.6. The van der Waals surface area contributed by atoms with E-state index in [4.69, 9.17) is 9.15 Å². The maximum absolute atomic E-state index is 13.7. The van der Waals surface area contributed by atoms with Crippen LogP contribution < -0.4 is 15.6 Å². The van der Waals surface area contributed by atoms with Gasteiger partial charge in [-0.3, -0.25) is 9.59 Å². The van der Waals surface area contributed by atoms with Crippen molar-refractivity contribution in [2.75, 3.05) is 50.6 Å². The van der Waals surface area contributed by atoms with Gasteiger partial charge in [-0.2, -0.15) is 0 Å². The maximum Gasteiger partial charge on any atom is 0.253 e. The minimum atomic E-state index is -0.977. The van der Waals surface area contributed by atoms with Crippen molar-refractivity contribution in [3.05, 3.63) is 69.4 Å². The zero-order valence-corrected chi connectivity index (χ0v) is 18.7. The van der Waals surface area contributed by atoms with Crippen molar-refractivity contribution in [1.29, 1.82) is 0 Å². The lowest BCUT2D eigenvalue weighted by Gasteiger charge is -2.27. The Kier molecular flexibility index (Phi) is 6.33. The molecule has 33 heavy (non-hydrogen) atoms. The summed E-state index contributed by atoms with van der Waals surface area (Å²) >= 11 is 0. The molecule has 1 aliphatic heterocycles. The Morgan fingerprint density at radius 3 is 2.48 bits per heavy atom. The Morgan fingerprint density at radius 2 is 1.82 bits per heavy atom. The quantitative estimate of drug-likeness (QED) is 0.629. The van der Waals surface area contributed by atoms with Crippen LogP contribution >= 0.6 is 0 Å². The Morgan fingerprint density at radius 1 is 1.09 bits per heavy atom. The van der Waals surface area contributed by atoms with Gasteiger partial charge in [0.05, 0.1) is 24.6 Å². The second kappa shape index (κ2) is 9.19. The number of fused-ring (bicyclic) bond motifs is 1. The number of ether oxygens (including phenoxy) is 1. The first-order chi connectivity index (χ1) is 15.7. The first-order valence-electron chi connectivity index (χ1n) is 10.6. The van der Waals surface area contributed by atoms with Crippen LogP contribution in [0.4, 0.5) is 20.4 Å². The predicted octanol–water partition coefficient (Wildman–Crippen LogP) is 3.78. The fraction of sp³-hybridized carbons (Fsp3) is 0.333. The molecule has 4 rings (SSSR count). The van der Waals surface area contributed by atoms with Gasteiger partial charge in [-0.25, -0.2) is 8.78 Å². The van der Waals surface area contributed by atoms with Crippen LogP contribution in [-0.2, 0) is 4.74 Å². The van der Waals surface area contributed by atoms with Gasteiger partial charge in [0.25, 0.3) is 5.91 Å². The van der Waals surface area contributed by atoms with Crippen molar-refractivity contribution in [3.8, 4) is 0 Å². The number of morpholine rings is 1. The number of amides is 1. The molecular weight excluding hydrogens is 432 g/mol. The topological polar surface area (TPSA) is 75.0 Å². The summed E-state index contributed by atoms with van der Waals surface area (Å²) in [6.45, 7) is 4.02. The summed E-state index contributed by atoms with van der Waals surface area (Å²) in [4.78, 5) is 29.1. The molecule has 2 heterocycles. The second-order valence-electron chi connectivity index (χ2n) is 8.18. The Bertz CT molecular complexity index is 1250. The summed E-state index contributed by atoms with van der Waals surface area (Å²) in [5.74, 6) is -1.77. The largest absolute Gasteiger partial charge is 0.440 e. The van der Waals surface area contributed by atoms with Gasteiger partial charge in [-0.15, -0.1) is 0 Å². The summed E-state index contributed by atoms with van der Waals surface area (Å²) in [6, 6.07) is 7.63. The number of anilines is 2. The molecule has 1 amide bonds. The van der Waals surface area contributed by atoms with Crippen LogP contribution in [0.3, 0.4) is 0 Å². The zero-order valence-electron chi connectivity index (χ0n) is 18.7. The smallest absolute Gasteiger partial charge is 0.253 e. The Balaban J connectivity index is 1.84. The van der Waals surface area contributed by atoms with Gasteiger partial charge in [0, 0.05) is 56.1 Å². The van der Waals surface area contributed by atoms with Gasteiger partial charge in [0.15, 0.2) is 22.9 Å². The van der Waals surface area contributed by atoms with Crippen molar-refractivity contribution >= 4 is 28.4 Å². The average molecular weight is 457 g/mol. The molecule has 0 aliphatic carbocycles. The van der Waals surface area contributed by atoms with Gasteiger partial charge in [-0.1, -0.05) is 0 Å². The maximum atomic E-state index is 13.7. The number of rotatable bonds is 5. The summed E-state index contributed by atoms with van der Waals surface area (Å²) in [6.07, 6.45) is 0. The third-order valence-corrected chi connectivity index (χ3v) is 5.59. The minimum Gasteiger partial charge on any atom is -0.440 e. The van der Waals surface area contributed by atoms with Crippen LogP contribution in [0.1, 0.15) is 28.9 Å². The number of hydrogen-bond acceptors (Lipinski definition) is 6. The standard InChI is InChI=1S/C24H25F2N3O4/c1-14(27-16-4-5-19(25)20(26)12-16)17-10-15(24(31)28(2)3)11-18-21(30)13-22(33-23(17)18)29-6-8-32-9-7-29/h4-5,10-14,27H,6-9H2,1-3H3/t14-/m0/s1. The molecule has 3 aromatic rings.